The fourth-order valence-electron chi connectivity index (χ4n) is 1.85. The normalized spacial score (nSPS) is 18.1. The summed E-state index contributed by atoms with van der Waals surface area (Å²) in [6.45, 7) is 8.66. The van der Waals surface area contributed by atoms with Crippen LogP contribution in [0.25, 0.3) is 0 Å². The van der Waals surface area contributed by atoms with E-state index < -0.39 is 0 Å². The molecule has 1 atom stereocenters. The summed E-state index contributed by atoms with van der Waals surface area (Å²) in [5, 5.41) is 4.74. The maximum absolute atomic E-state index is 4.52. The van der Waals surface area contributed by atoms with E-state index in [-0.39, 0.29) is 0 Å². The van der Waals surface area contributed by atoms with Gasteiger partial charge in [-0.25, -0.2) is 4.98 Å². The van der Waals surface area contributed by atoms with E-state index in [2.05, 4.69) is 31.1 Å². The van der Waals surface area contributed by atoms with Gasteiger partial charge in [0.1, 0.15) is 5.01 Å². The van der Waals surface area contributed by atoms with Gasteiger partial charge >= 0.3 is 0 Å². The Morgan fingerprint density at radius 1 is 1.47 bits per heavy atom. The van der Waals surface area contributed by atoms with E-state index >= 15 is 0 Å². The molecule has 15 heavy (non-hydrogen) atoms. The molecule has 2 nitrogen and oxygen atoms in total. The van der Waals surface area contributed by atoms with Crippen LogP contribution in [0.5, 0.6) is 0 Å². The molecule has 1 aromatic heterocycles. The summed E-state index contributed by atoms with van der Waals surface area (Å²) in [6.07, 6.45) is 2.89. The zero-order valence-electron chi connectivity index (χ0n) is 9.84. The molecule has 1 N–H and O–H groups in total. The fourth-order valence-corrected chi connectivity index (χ4v) is 2.76. The molecule has 3 heteroatoms. The number of rotatable bonds is 5. The van der Waals surface area contributed by atoms with Crippen LogP contribution in [0.15, 0.2) is 0 Å². The average molecular weight is 224 g/mol. The van der Waals surface area contributed by atoms with Crippen LogP contribution in [-0.4, -0.2) is 11.5 Å². The predicted molar refractivity (Wildman–Crippen MR) is 65.2 cm³/mol. The van der Waals surface area contributed by atoms with Gasteiger partial charge in [0.15, 0.2) is 0 Å². The van der Waals surface area contributed by atoms with E-state index in [9.17, 15) is 0 Å². The Morgan fingerprint density at radius 2 is 2.20 bits per heavy atom. The second kappa shape index (κ2) is 4.62. The summed E-state index contributed by atoms with van der Waals surface area (Å²) in [5.41, 5.74) is 1.19. The highest BCUT2D eigenvalue weighted by atomic mass is 32.1. The first kappa shape index (κ1) is 11.1. The molecule has 1 saturated carbocycles. The summed E-state index contributed by atoms with van der Waals surface area (Å²) in [6, 6.07) is 0. The first-order valence-electron chi connectivity index (χ1n) is 5.80. The van der Waals surface area contributed by atoms with Crippen LogP contribution in [0.3, 0.4) is 0 Å². The number of nitrogens with one attached hydrogen (secondary N) is 1. The number of aryl methyl sites for hydroxylation is 2. The topological polar surface area (TPSA) is 24.9 Å². The van der Waals surface area contributed by atoms with Crippen molar-refractivity contribution in [1.29, 1.82) is 0 Å². The van der Waals surface area contributed by atoms with Gasteiger partial charge < -0.3 is 5.32 Å². The molecule has 1 aliphatic carbocycles. The Bertz CT molecular complexity index is 309. The molecule has 84 valence electrons. The molecule has 0 saturated heterocycles. The monoisotopic (exact) mass is 224 g/mol. The van der Waals surface area contributed by atoms with Crippen molar-refractivity contribution in [2.24, 2.45) is 11.8 Å². The molecule has 1 unspecified atom stereocenters. The lowest BCUT2D eigenvalue weighted by Gasteiger charge is -2.09. The molecule has 0 aliphatic heterocycles. The zero-order chi connectivity index (χ0) is 10.8. The number of aromatic nitrogens is 1. The van der Waals surface area contributed by atoms with Crippen LogP contribution in [0, 0.1) is 25.7 Å². The maximum atomic E-state index is 4.52. The van der Waals surface area contributed by atoms with Crippen LogP contribution >= 0.6 is 11.3 Å². The lowest BCUT2D eigenvalue weighted by atomic mass is 10.1. The first-order valence-corrected chi connectivity index (χ1v) is 6.62. The molecular formula is C12H20N2S. The van der Waals surface area contributed by atoms with Gasteiger partial charge in [0, 0.05) is 11.4 Å². The Hall–Kier alpha value is -0.410. The van der Waals surface area contributed by atoms with Crippen molar-refractivity contribution in [3.63, 3.8) is 0 Å². The minimum absolute atomic E-state index is 0.840. The van der Waals surface area contributed by atoms with Crippen LogP contribution in [0.2, 0.25) is 0 Å². The standard InChI is InChI=1S/C12H20N2S/c1-8(11-4-5-11)6-13-7-12-14-9(2)10(3)15-12/h8,11,13H,4-7H2,1-3H3. The Balaban J connectivity index is 1.73. The third kappa shape index (κ3) is 3.02. The lowest BCUT2D eigenvalue weighted by molar-refractivity contribution is 0.461. The SMILES string of the molecule is Cc1nc(CNCC(C)C2CC2)sc1C. The molecule has 0 amide bonds. The molecule has 1 heterocycles. The molecular weight excluding hydrogens is 204 g/mol. The van der Waals surface area contributed by atoms with E-state index in [0.717, 1.165) is 24.9 Å². The number of hydrogen-bond donors (Lipinski definition) is 1. The molecule has 1 aromatic rings. The van der Waals surface area contributed by atoms with Gasteiger partial charge in [-0.05, 0) is 45.1 Å². The minimum atomic E-state index is 0.840. The van der Waals surface area contributed by atoms with Gasteiger partial charge in [0.05, 0.1) is 5.69 Å². The largest absolute Gasteiger partial charge is 0.310 e. The summed E-state index contributed by atoms with van der Waals surface area (Å²) < 4.78 is 0. The third-order valence-corrected chi connectivity index (χ3v) is 4.31. The molecule has 0 aromatic carbocycles. The third-order valence-electron chi connectivity index (χ3n) is 3.24. The van der Waals surface area contributed by atoms with Crippen molar-refractivity contribution in [2.45, 2.75) is 40.2 Å². The van der Waals surface area contributed by atoms with E-state index in [1.807, 2.05) is 11.3 Å². The van der Waals surface area contributed by atoms with Gasteiger partial charge in [0.2, 0.25) is 0 Å². The van der Waals surface area contributed by atoms with Gasteiger partial charge in [0.25, 0.3) is 0 Å². The molecule has 0 radical (unpaired) electrons. The lowest BCUT2D eigenvalue weighted by Crippen LogP contribution is -2.21. The van der Waals surface area contributed by atoms with Crippen LogP contribution in [-0.2, 0) is 6.54 Å². The smallest absolute Gasteiger partial charge is 0.107 e. The first-order chi connectivity index (χ1) is 7.16. The van der Waals surface area contributed by atoms with Crippen molar-refractivity contribution in [1.82, 2.24) is 10.3 Å². The molecule has 2 rings (SSSR count). The Kier molecular flexibility index (Phi) is 3.42. The van der Waals surface area contributed by atoms with Crippen LogP contribution in [0.4, 0.5) is 0 Å². The van der Waals surface area contributed by atoms with E-state index in [1.54, 1.807) is 0 Å². The van der Waals surface area contributed by atoms with Gasteiger partial charge in [-0.15, -0.1) is 11.3 Å². The van der Waals surface area contributed by atoms with E-state index in [0.29, 0.717) is 0 Å². The zero-order valence-corrected chi connectivity index (χ0v) is 10.7. The fraction of sp³-hybridized carbons (Fsp3) is 0.750. The number of hydrogen-bond acceptors (Lipinski definition) is 3. The van der Waals surface area contributed by atoms with Crippen LogP contribution < -0.4 is 5.32 Å². The Labute approximate surface area is 96.1 Å². The predicted octanol–water partition coefficient (Wildman–Crippen LogP) is 2.90. The summed E-state index contributed by atoms with van der Waals surface area (Å²) in [5.74, 6) is 1.84. The van der Waals surface area contributed by atoms with Gasteiger partial charge in [-0.1, -0.05) is 6.92 Å². The van der Waals surface area contributed by atoms with Gasteiger partial charge in [-0.3, -0.25) is 0 Å². The Morgan fingerprint density at radius 3 is 2.73 bits per heavy atom. The van der Waals surface area contributed by atoms with Crippen molar-refractivity contribution >= 4 is 11.3 Å². The molecule has 0 spiro atoms. The molecule has 0 bridgehead atoms. The van der Waals surface area contributed by atoms with E-state index in [4.69, 9.17) is 0 Å². The highest BCUT2D eigenvalue weighted by Crippen LogP contribution is 2.36. The van der Waals surface area contributed by atoms with Gasteiger partial charge in [-0.2, -0.15) is 0 Å². The quantitative estimate of drug-likeness (QED) is 0.832. The maximum Gasteiger partial charge on any atom is 0.107 e. The summed E-state index contributed by atoms with van der Waals surface area (Å²) in [4.78, 5) is 5.87. The highest BCUT2D eigenvalue weighted by molar-refractivity contribution is 7.11. The van der Waals surface area contributed by atoms with E-state index in [1.165, 1.54) is 28.4 Å². The number of thiazole rings is 1. The van der Waals surface area contributed by atoms with Crippen molar-refractivity contribution in [3.8, 4) is 0 Å². The second-order valence-electron chi connectivity index (χ2n) is 4.69. The van der Waals surface area contributed by atoms with Crippen LogP contribution in [0.1, 0.15) is 35.3 Å². The highest BCUT2D eigenvalue weighted by Gasteiger charge is 2.27. The summed E-state index contributed by atoms with van der Waals surface area (Å²) >= 11 is 1.82. The number of nitrogens with zero attached hydrogens (tertiary/aromatic N) is 1. The average Bonchev–Trinajstić information content (AvgIpc) is 2.96. The summed E-state index contributed by atoms with van der Waals surface area (Å²) in [7, 11) is 0. The van der Waals surface area contributed by atoms with Crippen molar-refractivity contribution < 1.29 is 0 Å². The van der Waals surface area contributed by atoms with Crippen molar-refractivity contribution in [3.05, 3.63) is 15.6 Å². The molecule has 1 fully saturated rings. The molecule has 1 aliphatic rings. The minimum Gasteiger partial charge on any atom is -0.310 e. The van der Waals surface area contributed by atoms with Crippen molar-refractivity contribution in [2.75, 3.05) is 6.54 Å². The second-order valence-corrected chi connectivity index (χ2v) is 5.98.